The number of carboxylic acids is 1. The van der Waals surface area contributed by atoms with Gasteiger partial charge in [-0.15, -0.1) is 0 Å². The Kier molecular flexibility index (Phi) is 6.43. The molecule has 9 nitrogen and oxygen atoms in total. The van der Waals surface area contributed by atoms with E-state index < -0.39 is 23.0 Å². The molecule has 0 atom stereocenters. The molecule has 2 bridgehead atoms. The van der Waals surface area contributed by atoms with Crippen LogP contribution in [0, 0.1) is 33.1 Å². The normalized spacial score (nSPS) is 11.1. The maximum Gasteiger partial charge on any atom is 0.336 e. The summed E-state index contributed by atoms with van der Waals surface area (Å²) in [4.78, 5) is 54.7. The van der Waals surface area contributed by atoms with Gasteiger partial charge < -0.3 is 15.7 Å². The highest BCUT2D eigenvalue weighted by Gasteiger charge is 2.27. The number of anilines is 2. The number of rotatable bonds is 5. The predicted molar refractivity (Wildman–Crippen MR) is 157 cm³/mol. The third-order valence-corrected chi connectivity index (χ3v) is 7.17. The zero-order valence-electron chi connectivity index (χ0n) is 22.3. The average molecular weight is 535 g/mol. The van der Waals surface area contributed by atoms with Crippen LogP contribution in [0.4, 0.5) is 11.4 Å². The van der Waals surface area contributed by atoms with Gasteiger partial charge in [0, 0.05) is 44.0 Å². The number of aromatic nitrogens is 1. The van der Waals surface area contributed by atoms with E-state index in [1.807, 2.05) is 64.1 Å². The number of amides is 1. The number of aromatic amines is 1. The molecule has 1 amide bonds. The quantitative estimate of drug-likeness (QED) is 0.156. The minimum Gasteiger partial charge on any atom is -0.478 e. The molecule has 0 saturated carbocycles. The van der Waals surface area contributed by atoms with Crippen molar-refractivity contribution >= 4 is 50.6 Å². The minimum absolute atomic E-state index is 0.0168. The van der Waals surface area contributed by atoms with E-state index in [-0.39, 0.29) is 44.1 Å². The van der Waals surface area contributed by atoms with Crippen LogP contribution in [0.1, 0.15) is 48.5 Å². The van der Waals surface area contributed by atoms with Gasteiger partial charge in [-0.3, -0.25) is 24.8 Å². The van der Waals surface area contributed by atoms with E-state index >= 15 is 0 Å². The van der Waals surface area contributed by atoms with E-state index in [1.165, 1.54) is 18.2 Å². The summed E-state index contributed by atoms with van der Waals surface area (Å²) in [6.45, 7) is 7.36. The molecule has 0 aliphatic heterocycles. The summed E-state index contributed by atoms with van der Waals surface area (Å²) in [7, 11) is 0. The molecule has 0 aliphatic carbocycles. The monoisotopic (exact) mass is 534 g/mol. The SMILES string of the molecule is Cc1cccc(C)c1NC(=N)c1c(C(=O)O)cc(C(=O)Nc2c(C)cccc2C)c2c3ccc(c(=O)[nH]c3=O)c12. The molecule has 4 aromatic carbocycles. The van der Waals surface area contributed by atoms with Gasteiger partial charge in [0.1, 0.15) is 5.84 Å². The van der Waals surface area contributed by atoms with Crippen LogP contribution in [0.15, 0.2) is 64.2 Å². The zero-order valence-corrected chi connectivity index (χ0v) is 22.3. The lowest BCUT2D eigenvalue weighted by Gasteiger charge is -2.19. The molecule has 0 unspecified atom stereocenters. The fourth-order valence-corrected chi connectivity index (χ4v) is 5.18. The summed E-state index contributed by atoms with van der Waals surface area (Å²) in [5, 5.41) is 25.3. The summed E-state index contributed by atoms with van der Waals surface area (Å²) >= 11 is 0. The summed E-state index contributed by atoms with van der Waals surface area (Å²) in [5.41, 5.74) is 2.39. The number of hydrogen-bond donors (Lipinski definition) is 5. The number of fused-ring (bicyclic) bond motifs is 3. The standard InChI is InChI=1S/C31H26N4O5/c1-14-7-5-8-15(2)25(14)33-27(32)24-21(31(39)40)13-20(30(38)34-26-16(3)9-6-10-17(26)4)22-18-11-12-19(23(22)24)29(37)35-28(18)36/h5-13H,1-4H3,(H2,32,33)(H,34,38)(H,39,40)(H,35,36,37). The van der Waals surface area contributed by atoms with Gasteiger partial charge in [0.05, 0.1) is 5.56 Å². The van der Waals surface area contributed by atoms with Gasteiger partial charge in [-0.1, -0.05) is 36.4 Å². The molecule has 200 valence electrons. The van der Waals surface area contributed by atoms with Gasteiger partial charge in [0.25, 0.3) is 17.0 Å². The second-order valence-corrected chi connectivity index (χ2v) is 9.83. The van der Waals surface area contributed by atoms with E-state index in [9.17, 15) is 24.3 Å². The van der Waals surface area contributed by atoms with Gasteiger partial charge >= 0.3 is 5.97 Å². The van der Waals surface area contributed by atoms with Crippen LogP contribution in [0.2, 0.25) is 0 Å². The first-order chi connectivity index (χ1) is 19.0. The van der Waals surface area contributed by atoms with Crippen molar-refractivity contribution in [1.82, 2.24) is 4.98 Å². The molecular weight excluding hydrogens is 508 g/mol. The van der Waals surface area contributed by atoms with Crippen molar-refractivity contribution < 1.29 is 14.7 Å². The van der Waals surface area contributed by atoms with Crippen LogP contribution in [0.5, 0.6) is 0 Å². The van der Waals surface area contributed by atoms with Crippen molar-refractivity contribution in [3.05, 3.63) is 114 Å². The number of aryl methyl sites for hydroxylation is 4. The molecule has 2 heterocycles. The van der Waals surface area contributed by atoms with E-state index in [2.05, 4.69) is 15.6 Å². The Morgan fingerprint density at radius 3 is 1.70 bits per heavy atom. The van der Waals surface area contributed by atoms with Crippen LogP contribution in [-0.4, -0.2) is 27.8 Å². The number of carbonyl (C=O) groups excluding carboxylic acids is 1. The Bertz CT molecular complexity index is 1970. The van der Waals surface area contributed by atoms with E-state index in [0.29, 0.717) is 11.4 Å². The first kappa shape index (κ1) is 26.3. The van der Waals surface area contributed by atoms with Crippen LogP contribution in [-0.2, 0) is 0 Å². The van der Waals surface area contributed by atoms with Gasteiger partial charge in [-0.05, 0) is 68.1 Å². The molecule has 40 heavy (non-hydrogen) atoms. The Hall–Kier alpha value is -5.31. The highest BCUT2D eigenvalue weighted by molar-refractivity contribution is 6.30. The number of para-hydroxylation sites is 2. The van der Waals surface area contributed by atoms with Crippen molar-refractivity contribution in [2.75, 3.05) is 10.6 Å². The van der Waals surface area contributed by atoms with Crippen molar-refractivity contribution in [1.29, 1.82) is 5.41 Å². The topological polar surface area (TPSA) is 152 Å². The maximum absolute atomic E-state index is 13.8. The number of aromatic carboxylic acids is 1. The van der Waals surface area contributed by atoms with Gasteiger partial charge in [-0.25, -0.2) is 4.79 Å². The maximum atomic E-state index is 13.8. The number of hydrogen-bond acceptors (Lipinski definition) is 5. The highest BCUT2D eigenvalue weighted by atomic mass is 16.4. The van der Waals surface area contributed by atoms with E-state index in [0.717, 1.165) is 22.3 Å². The summed E-state index contributed by atoms with van der Waals surface area (Å²) < 4.78 is 0. The summed E-state index contributed by atoms with van der Waals surface area (Å²) in [5.74, 6) is -2.33. The molecule has 9 heteroatoms. The molecule has 2 aromatic heterocycles. The van der Waals surface area contributed by atoms with Crippen molar-refractivity contribution in [2.45, 2.75) is 27.7 Å². The fourth-order valence-electron chi connectivity index (χ4n) is 5.18. The molecule has 0 saturated heterocycles. The largest absolute Gasteiger partial charge is 0.478 e. The number of H-pyrrole nitrogens is 1. The van der Waals surface area contributed by atoms with Crippen molar-refractivity contribution in [3.8, 4) is 0 Å². The molecule has 0 spiro atoms. The number of nitrogens with one attached hydrogen (secondary N) is 4. The van der Waals surface area contributed by atoms with Crippen LogP contribution in [0.25, 0.3) is 21.5 Å². The van der Waals surface area contributed by atoms with Gasteiger partial charge in [0.15, 0.2) is 0 Å². The molecule has 6 rings (SSSR count). The Labute approximate surface area is 228 Å². The Balaban J connectivity index is 1.85. The summed E-state index contributed by atoms with van der Waals surface area (Å²) in [6, 6.07) is 15.1. The van der Waals surface area contributed by atoms with Crippen LogP contribution >= 0.6 is 0 Å². The lowest BCUT2D eigenvalue weighted by molar-refractivity contribution is 0.0697. The molecular formula is C31H26N4O5. The molecule has 0 radical (unpaired) electrons. The second kappa shape index (κ2) is 9.77. The zero-order chi connectivity index (χ0) is 28.9. The third kappa shape index (κ3) is 4.27. The minimum atomic E-state index is -1.39. The Morgan fingerprint density at radius 1 is 0.725 bits per heavy atom. The molecule has 5 N–H and O–H groups in total. The van der Waals surface area contributed by atoms with E-state index in [1.54, 1.807) is 0 Å². The lowest BCUT2D eigenvalue weighted by atomic mass is 9.90. The smallest absolute Gasteiger partial charge is 0.336 e. The second-order valence-electron chi connectivity index (χ2n) is 9.83. The van der Waals surface area contributed by atoms with Gasteiger partial charge in [0.2, 0.25) is 0 Å². The van der Waals surface area contributed by atoms with Crippen molar-refractivity contribution in [2.24, 2.45) is 0 Å². The highest BCUT2D eigenvalue weighted by Crippen LogP contribution is 2.34. The first-order valence-electron chi connectivity index (χ1n) is 12.5. The number of carboxylic acid groups (broad SMARTS) is 1. The molecule has 0 aliphatic rings. The average Bonchev–Trinajstić information content (AvgIpc) is 3.10. The summed E-state index contributed by atoms with van der Waals surface area (Å²) in [6.07, 6.45) is 0. The van der Waals surface area contributed by atoms with Gasteiger partial charge in [-0.2, -0.15) is 0 Å². The number of benzene rings is 4. The Morgan fingerprint density at radius 2 is 1.20 bits per heavy atom. The lowest BCUT2D eigenvalue weighted by Crippen LogP contribution is -2.21. The fraction of sp³-hybridized carbons (Fsp3) is 0.129. The van der Waals surface area contributed by atoms with E-state index in [4.69, 9.17) is 5.41 Å². The van der Waals surface area contributed by atoms with Crippen LogP contribution < -0.4 is 21.8 Å². The predicted octanol–water partition coefficient (Wildman–Crippen LogP) is 5.10. The third-order valence-electron chi connectivity index (χ3n) is 7.17. The number of carbonyl (C=O) groups is 2. The van der Waals surface area contributed by atoms with Crippen molar-refractivity contribution in [3.63, 3.8) is 0 Å². The molecule has 6 aromatic rings. The molecule has 0 fully saturated rings. The first-order valence-corrected chi connectivity index (χ1v) is 12.5. The number of amidine groups is 1. The van der Waals surface area contributed by atoms with Crippen LogP contribution in [0.3, 0.4) is 0 Å².